The maximum atomic E-state index is 2.32. The van der Waals surface area contributed by atoms with Crippen LogP contribution in [0.15, 0.2) is 22.6 Å². The number of thioether (sulfide) groups is 1. The van der Waals surface area contributed by atoms with Crippen LogP contribution in [0.2, 0.25) is 0 Å². The Hall–Kier alpha value is -0.170. The minimum Gasteiger partial charge on any atom is -0.123 e. The summed E-state index contributed by atoms with van der Waals surface area (Å²) >= 11 is 2.02. The van der Waals surface area contributed by atoms with Gasteiger partial charge in [0.25, 0.3) is 0 Å². The third kappa shape index (κ3) is 2.63. The van der Waals surface area contributed by atoms with E-state index in [4.69, 9.17) is 0 Å². The van der Waals surface area contributed by atoms with E-state index >= 15 is 0 Å². The Balaban J connectivity index is 2.95. The molecule has 0 aromatic heterocycles. The second kappa shape index (κ2) is 4.36. The Bertz CT molecular complexity index is 234. The van der Waals surface area contributed by atoms with Crippen LogP contribution in [0.1, 0.15) is 34.6 Å². The number of rotatable bonds is 2. The number of hydrogen-bond donors (Lipinski definition) is 0. The van der Waals surface area contributed by atoms with Crippen LogP contribution in [0.25, 0.3) is 0 Å². The Morgan fingerprint density at radius 2 is 1.77 bits per heavy atom. The van der Waals surface area contributed by atoms with Gasteiger partial charge in [0.05, 0.1) is 0 Å². The minimum absolute atomic E-state index is 0.653. The standard InChI is InChI=1S/C12H20S/c1-8(2)11-7-6-10(5)13-12(11)9(3)4/h6-10H,1-5H3. The van der Waals surface area contributed by atoms with Crippen LogP contribution in [-0.4, -0.2) is 5.25 Å². The van der Waals surface area contributed by atoms with E-state index in [0.29, 0.717) is 17.1 Å². The molecule has 1 rings (SSSR count). The van der Waals surface area contributed by atoms with Crippen molar-refractivity contribution in [3.8, 4) is 0 Å². The van der Waals surface area contributed by atoms with Crippen LogP contribution >= 0.6 is 11.8 Å². The zero-order chi connectivity index (χ0) is 10.0. The van der Waals surface area contributed by atoms with Gasteiger partial charge in [-0.15, -0.1) is 11.8 Å². The molecule has 0 radical (unpaired) electrons. The van der Waals surface area contributed by atoms with Crippen LogP contribution in [-0.2, 0) is 0 Å². The van der Waals surface area contributed by atoms with E-state index in [0.717, 1.165) is 0 Å². The normalized spacial score (nSPS) is 23.5. The first-order valence-electron chi connectivity index (χ1n) is 5.11. The number of hydrogen-bond acceptors (Lipinski definition) is 1. The third-order valence-electron chi connectivity index (χ3n) is 2.29. The smallest absolute Gasteiger partial charge is 0.0246 e. The van der Waals surface area contributed by atoms with Crippen molar-refractivity contribution >= 4 is 11.8 Å². The van der Waals surface area contributed by atoms with Gasteiger partial charge in [0, 0.05) is 5.25 Å². The fourth-order valence-electron chi connectivity index (χ4n) is 1.58. The molecular weight excluding hydrogens is 176 g/mol. The second-order valence-corrected chi connectivity index (χ2v) is 5.73. The molecule has 1 aliphatic heterocycles. The van der Waals surface area contributed by atoms with Gasteiger partial charge in [-0.2, -0.15) is 0 Å². The average Bonchev–Trinajstić information content (AvgIpc) is 2.03. The molecule has 0 aliphatic carbocycles. The van der Waals surface area contributed by atoms with Crippen molar-refractivity contribution in [1.29, 1.82) is 0 Å². The maximum Gasteiger partial charge on any atom is 0.0246 e. The van der Waals surface area contributed by atoms with Crippen LogP contribution in [0.3, 0.4) is 0 Å². The summed E-state index contributed by atoms with van der Waals surface area (Å²) in [5.74, 6) is 1.34. The van der Waals surface area contributed by atoms with Crippen molar-refractivity contribution < 1.29 is 0 Å². The first kappa shape index (κ1) is 10.9. The average molecular weight is 196 g/mol. The second-order valence-electron chi connectivity index (χ2n) is 4.31. The highest BCUT2D eigenvalue weighted by molar-refractivity contribution is 8.03. The summed E-state index contributed by atoms with van der Waals surface area (Å²) in [7, 11) is 0. The molecule has 1 unspecified atom stereocenters. The Morgan fingerprint density at radius 3 is 2.23 bits per heavy atom. The molecule has 0 spiro atoms. The summed E-state index contributed by atoms with van der Waals surface area (Å²) in [5.41, 5.74) is 1.54. The fraction of sp³-hybridized carbons (Fsp3) is 0.667. The van der Waals surface area contributed by atoms with Crippen molar-refractivity contribution in [2.24, 2.45) is 11.8 Å². The summed E-state index contributed by atoms with van der Waals surface area (Å²) in [6.45, 7) is 11.4. The minimum atomic E-state index is 0.653. The highest BCUT2D eigenvalue weighted by Crippen LogP contribution is 2.38. The van der Waals surface area contributed by atoms with E-state index in [1.807, 2.05) is 11.8 Å². The molecule has 13 heavy (non-hydrogen) atoms. The molecule has 0 bridgehead atoms. The lowest BCUT2D eigenvalue weighted by atomic mass is 9.97. The van der Waals surface area contributed by atoms with Crippen molar-refractivity contribution in [2.45, 2.75) is 39.9 Å². The molecular formula is C12H20S. The van der Waals surface area contributed by atoms with E-state index in [-0.39, 0.29) is 0 Å². The summed E-state index contributed by atoms with van der Waals surface area (Å²) < 4.78 is 0. The summed E-state index contributed by atoms with van der Waals surface area (Å²) in [6.07, 6.45) is 4.63. The van der Waals surface area contributed by atoms with E-state index in [9.17, 15) is 0 Å². The van der Waals surface area contributed by atoms with E-state index < -0.39 is 0 Å². The largest absolute Gasteiger partial charge is 0.123 e. The molecule has 1 aliphatic rings. The van der Waals surface area contributed by atoms with Gasteiger partial charge in [-0.1, -0.05) is 39.8 Å². The molecule has 74 valence electrons. The molecule has 0 amide bonds. The molecule has 1 heteroatoms. The highest BCUT2D eigenvalue weighted by atomic mass is 32.2. The van der Waals surface area contributed by atoms with Gasteiger partial charge in [0.1, 0.15) is 0 Å². The third-order valence-corrected chi connectivity index (χ3v) is 3.78. The van der Waals surface area contributed by atoms with Crippen LogP contribution in [0.4, 0.5) is 0 Å². The summed E-state index contributed by atoms with van der Waals surface area (Å²) in [6, 6.07) is 0. The van der Waals surface area contributed by atoms with Gasteiger partial charge >= 0.3 is 0 Å². The van der Waals surface area contributed by atoms with Crippen molar-refractivity contribution in [2.75, 3.05) is 0 Å². The lowest BCUT2D eigenvalue weighted by Gasteiger charge is -2.24. The lowest BCUT2D eigenvalue weighted by molar-refractivity contribution is 0.736. The molecule has 0 nitrogen and oxygen atoms in total. The quantitative estimate of drug-likeness (QED) is 0.636. The zero-order valence-corrected chi connectivity index (χ0v) is 10.1. The van der Waals surface area contributed by atoms with Crippen molar-refractivity contribution in [1.82, 2.24) is 0 Å². The first-order chi connectivity index (χ1) is 6.02. The predicted molar refractivity (Wildman–Crippen MR) is 62.9 cm³/mol. The lowest BCUT2D eigenvalue weighted by Crippen LogP contribution is -2.08. The van der Waals surface area contributed by atoms with Crippen molar-refractivity contribution in [3.05, 3.63) is 22.6 Å². The zero-order valence-electron chi connectivity index (χ0n) is 9.29. The van der Waals surface area contributed by atoms with E-state index in [1.165, 1.54) is 5.57 Å². The maximum absolute atomic E-state index is 2.32. The SMILES string of the molecule is CC1C=CC(C(C)C)=C(C(C)C)S1. The molecule has 0 fully saturated rings. The van der Waals surface area contributed by atoms with Crippen LogP contribution in [0, 0.1) is 11.8 Å². The first-order valence-corrected chi connectivity index (χ1v) is 5.99. The van der Waals surface area contributed by atoms with Gasteiger partial charge in [-0.3, -0.25) is 0 Å². The Labute approximate surface area is 86.5 Å². The van der Waals surface area contributed by atoms with Gasteiger partial charge in [-0.05, 0) is 29.2 Å². The van der Waals surface area contributed by atoms with Gasteiger partial charge in [0.15, 0.2) is 0 Å². The molecule has 0 N–H and O–H groups in total. The topological polar surface area (TPSA) is 0 Å². The molecule has 1 heterocycles. The number of allylic oxidation sites excluding steroid dienone is 3. The summed E-state index contributed by atoms with van der Waals surface area (Å²) in [4.78, 5) is 1.59. The van der Waals surface area contributed by atoms with Crippen molar-refractivity contribution in [3.63, 3.8) is 0 Å². The van der Waals surface area contributed by atoms with Crippen LogP contribution < -0.4 is 0 Å². The predicted octanol–water partition coefficient (Wildman–Crippen LogP) is 4.24. The van der Waals surface area contributed by atoms with E-state index in [2.05, 4.69) is 46.8 Å². The Morgan fingerprint density at radius 1 is 1.15 bits per heavy atom. The van der Waals surface area contributed by atoms with Gasteiger partial charge in [0.2, 0.25) is 0 Å². The van der Waals surface area contributed by atoms with Gasteiger partial charge < -0.3 is 0 Å². The molecule has 0 aromatic carbocycles. The van der Waals surface area contributed by atoms with Gasteiger partial charge in [-0.25, -0.2) is 0 Å². The monoisotopic (exact) mass is 196 g/mol. The Kier molecular flexibility index (Phi) is 3.66. The molecule has 0 aromatic rings. The fourth-order valence-corrected chi connectivity index (χ4v) is 2.84. The molecule has 0 saturated heterocycles. The van der Waals surface area contributed by atoms with E-state index in [1.54, 1.807) is 4.91 Å². The summed E-state index contributed by atoms with van der Waals surface area (Å²) in [5, 5.41) is 0.653. The molecule has 0 saturated carbocycles. The highest BCUT2D eigenvalue weighted by Gasteiger charge is 2.18. The molecule has 1 atom stereocenters. The van der Waals surface area contributed by atoms with Crippen LogP contribution in [0.5, 0.6) is 0 Å².